The lowest BCUT2D eigenvalue weighted by atomic mass is 10.1. The van der Waals surface area contributed by atoms with Crippen molar-refractivity contribution >= 4 is 23.2 Å². The maximum absolute atomic E-state index is 12.4. The van der Waals surface area contributed by atoms with Crippen LogP contribution in [0.15, 0.2) is 60.7 Å². The van der Waals surface area contributed by atoms with Gasteiger partial charge in [0.2, 0.25) is 11.8 Å². The Hall–Kier alpha value is -2.66. The maximum Gasteiger partial charge on any atom is 0.246 e. The minimum atomic E-state index is -0.344. The molecule has 1 heterocycles. The van der Waals surface area contributed by atoms with Crippen LogP contribution in [0.1, 0.15) is 6.42 Å². The average molecular weight is 295 g/mol. The Kier molecular flexibility index (Phi) is 4.16. The highest BCUT2D eigenvalue weighted by atomic mass is 16.2. The van der Waals surface area contributed by atoms with E-state index in [9.17, 15) is 9.59 Å². The van der Waals surface area contributed by atoms with Crippen LogP contribution in [0, 0.1) is 5.92 Å². The predicted molar refractivity (Wildman–Crippen MR) is 85.1 cm³/mol. The summed E-state index contributed by atoms with van der Waals surface area (Å²) in [6.07, 6.45) is 0.171. The monoisotopic (exact) mass is 295 g/mol. The van der Waals surface area contributed by atoms with E-state index >= 15 is 0 Å². The molecule has 2 N–H and O–H groups in total. The van der Waals surface area contributed by atoms with Gasteiger partial charge in [0.05, 0.1) is 11.6 Å². The van der Waals surface area contributed by atoms with Gasteiger partial charge in [0.15, 0.2) is 0 Å². The lowest BCUT2D eigenvalue weighted by Crippen LogP contribution is -2.34. The van der Waals surface area contributed by atoms with Crippen molar-refractivity contribution in [3.05, 3.63) is 60.7 Å². The molecule has 22 heavy (non-hydrogen) atoms. The first kappa shape index (κ1) is 14.3. The van der Waals surface area contributed by atoms with Gasteiger partial charge in [0.25, 0.3) is 0 Å². The van der Waals surface area contributed by atoms with Gasteiger partial charge in [-0.1, -0.05) is 36.4 Å². The molecule has 5 nitrogen and oxygen atoms in total. The molecule has 1 atom stereocenters. The summed E-state index contributed by atoms with van der Waals surface area (Å²) < 4.78 is 0. The number of hydrogen-bond acceptors (Lipinski definition) is 3. The van der Waals surface area contributed by atoms with Gasteiger partial charge >= 0.3 is 0 Å². The molecule has 2 aromatic rings. The molecule has 0 saturated carbocycles. The van der Waals surface area contributed by atoms with E-state index < -0.39 is 0 Å². The Morgan fingerprint density at radius 2 is 1.73 bits per heavy atom. The highest BCUT2D eigenvalue weighted by Crippen LogP contribution is 2.21. The van der Waals surface area contributed by atoms with E-state index in [0.29, 0.717) is 6.54 Å². The zero-order chi connectivity index (χ0) is 15.4. The summed E-state index contributed by atoms with van der Waals surface area (Å²) in [5.74, 6) is -0.570. The van der Waals surface area contributed by atoms with Crippen LogP contribution in [0.4, 0.5) is 11.4 Å². The predicted octanol–water partition coefficient (Wildman–Crippen LogP) is 2.18. The van der Waals surface area contributed by atoms with Crippen molar-refractivity contribution in [2.45, 2.75) is 6.42 Å². The van der Waals surface area contributed by atoms with E-state index in [0.717, 1.165) is 11.4 Å². The Morgan fingerprint density at radius 3 is 2.41 bits per heavy atom. The zero-order valence-electron chi connectivity index (χ0n) is 12.0. The van der Waals surface area contributed by atoms with Crippen molar-refractivity contribution in [2.75, 3.05) is 16.9 Å². The van der Waals surface area contributed by atoms with Crippen LogP contribution in [0.3, 0.4) is 0 Å². The van der Waals surface area contributed by atoms with Crippen molar-refractivity contribution in [3.63, 3.8) is 0 Å². The van der Waals surface area contributed by atoms with Gasteiger partial charge in [-0.25, -0.2) is 10.4 Å². The summed E-state index contributed by atoms with van der Waals surface area (Å²) in [6.45, 7) is 0.468. The number of amides is 2. The van der Waals surface area contributed by atoms with Crippen molar-refractivity contribution in [1.82, 2.24) is 5.43 Å². The number of hydrogen-bond donors (Lipinski definition) is 2. The normalized spacial score (nSPS) is 17.5. The first-order valence-corrected chi connectivity index (χ1v) is 7.21. The lowest BCUT2D eigenvalue weighted by Gasteiger charge is -2.16. The van der Waals surface area contributed by atoms with Gasteiger partial charge in [0.1, 0.15) is 0 Å². The maximum atomic E-state index is 12.4. The number of carbonyl (C=O) groups excluding carboxylic acids is 2. The van der Waals surface area contributed by atoms with E-state index in [-0.39, 0.29) is 24.2 Å². The Balaban J connectivity index is 1.60. The molecule has 5 heteroatoms. The molecule has 0 spiro atoms. The van der Waals surface area contributed by atoms with Crippen molar-refractivity contribution in [2.24, 2.45) is 5.92 Å². The highest BCUT2D eigenvalue weighted by molar-refractivity contribution is 6.00. The molecule has 1 aliphatic heterocycles. The van der Waals surface area contributed by atoms with E-state index in [1.54, 1.807) is 0 Å². The van der Waals surface area contributed by atoms with Crippen molar-refractivity contribution < 1.29 is 9.59 Å². The van der Waals surface area contributed by atoms with Crippen LogP contribution in [0.5, 0.6) is 0 Å². The van der Waals surface area contributed by atoms with Gasteiger partial charge in [-0.15, -0.1) is 0 Å². The zero-order valence-corrected chi connectivity index (χ0v) is 12.0. The van der Waals surface area contributed by atoms with E-state index in [1.165, 1.54) is 5.01 Å². The number of anilines is 2. The second-order valence-corrected chi connectivity index (χ2v) is 5.19. The van der Waals surface area contributed by atoms with Gasteiger partial charge in [-0.2, -0.15) is 0 Å². The third kappa shape index (κ3) is 3.15. The summed E-state index contributed by atoms with van der Waals surface area (Å²) in [4.78, 5) is 24.4. The molecule has 3 rings (SSSR count). The fourth-order valence-electron chi connectivity index (χ4n) is 2.46. The SMILES string of the molecule is O=C(CC1CNN(c2ccccc2)C1=O)Nc1ccccc1. The topological polar surface area (TPSA) is 61.4 Å². The molecule has 1 unspecified atom stereocenters. The van der Waals surface area contributed by atoms with Gasteiger partial charge in [-0.3, -0.25) is 9.59 Å². The number of carbonyl (C=O) groups is 2. The van der Waals surface area contributed by atoms with Crippen LogP contribution in [-0.4, -0.2) is 18.4 Å². The van der Waals surface area contributed by atoms with Crippen LogP contribution < -0.4 is 15.8 Å². The molecule has 112 valence electrons. The minimum absolute atomic E-state index is 0.0746. The molecular weight excluding hydrogens is 278 g/mol. The Morgan fingerprint density at radius 1 is 1.09 bits per heavy atom. The molecule has 0 bridgehead atoms. The standard InChI is InChI=1S/C17H17N3O2/c21-16(19-14-7-3-1-4-8-14)11-13-12-18-20(17(13)22)15-9-5-2-6-10-15/h1-10,13,18H,11-12H2,(H,19,21). The molecule has 2 aromatic carbocycles. The number of nitrogens with one attached hydrogen (secondary N) is 2. The molecular formula is C17H17N3O2. The average Bonchev–Trinajstić information content (AvgIpc) is 2.90. The first-order valence-electron chi connectivity index (χ1n) is 7.21. The van der Waals surface area contributed by atoms with Gasteiger partial charge < -0.3 is 5.32 Å². The second kappa shape index (κ2) is 6.41. The van der Waals surface area contributed by atoms with Crippen LogP contribution in [0.2, 0.25) is 0 Å². The smallest absolute Gasteiger partial charge is 0.246 e. The van der Waals surface area contributed by atoms with Crippen molar-refractivity contribution in [1.29, 1.82) is 0 Å². The van der Waals surface area contributed by atoms with Crippen LogP contribution in [0.25, 0.3) is 0 Å². The Bertz CT molecular complexity index is 658. The molecule has 2 amide bonds. The van der Waals surface area contributed by atoms with E-state index in [2.05, 4.69) is 10.7 Å². The Labute approximate surface area is 128 Å². The fraction of sp³-hybridized carbons (Fsp3) is 0.176. The molecule has 0 aromatic heterocycles. The number of benzene rings is 2. The molecule has 1 fully saturated rings. The largest absolute Gasteiger partial charge is 0.326 e. The molecule has 0 aliphatic carbocycles. The molecule has 0 radical (unpaired) electrons. The summed E-state index contributed by atoms with van der Waals surface area (Å²) in [5, 5.41) is 4.32. The second-order valence-electron chi connectivity index (χ2n) is 5.19. The van der Waals surface area contributed by atoms with Crippen LogP contribution >= 0.6 is 0 Å². The summed E-state index contributed by atoms with van der Waals surface area (Å²) >= 11 is 0. The fourth-order valence-corrected chi connectivity index (χ4v) is 2.46. The third-order valence-electron chi connectivity index (χ3n) is 3.57. The lowest BCUT2D eigenvalue weighted by molar-refractivity contribution is -0.124. The molecule has 1 aliphatic rings. The minimum Gasteiger partial charge on any atom is -0.326 e. The first-order chi connectivity index (χ1) is 10.7. The molecule has 1 saturated heterocycles. The number of rotatable bonds is 4. The third-order valence-corrected chi connectivity index (χ3v) is 3.57. The number of hydrazine groups is 1. The van der Waals surface area contributed by atoms with Gasteiger partial charge in [-0.05, 0) is 24.3 Å². The van der Waals surface area contributed by atoms with Gasteiger partial charge in [0, 0.05) is 18.7 Å². The summed E-state index contributed by atoms with van der Waals surface area (Å²) in [6, 6.07) is 18.6. The van der Waals surface area contributed by atoms with Crippen molar-refractivity contribution in [3.8, 4) is 0 Å². The summed E-state index contributed by atoms with van der Waals surface area (Å²) in [5.41, 5.74) is 4.58. The highest BCUT2D eigenvalue weighted by Gasteiger charge is 2.33. The van der Waals surface area contributed by atoms with E-state index in [1.807, 2.05) is 60.7 Å². The number of para-hydroxylation sites is 2. The number of nitrogens with zero attached hydrogens (tertiary/aromatic N) is 1. The van der Waals surface area contributed by atoms with E-state index in [4.69, 9.17) is 0 Å². The summed E-state index contributed by atoms with van der Waals surface area (Å²) in [7, 11) is 0. The van der Waals surface area contributed by atoms with Crippen LogP contribution in [-0.2, 0) is 9.59 Å². The quantitative estimate of drug-likeness (QED) is 0.909.